The van der Waals surface area contributed by atoms with Crippen LogP contribution in [0.4, 0.5) is 0 Å². The highest BCUT2D eigenvalue weighted by molar-refractivity contribution is 5.88. The third kappa shape index (κ3) is 8.20. The fourth-order valence-corrected chi connectivity index (χ4v) is 4.38. The summed E-state index contributed by atoms with van der Waals surface area (Å²) in [5, 5.41) is 3.07. The van der Waals surface area contributed by atoms with Crippen molar-refractivity contribution in [3.63, 3.8) is 0 Å². The molecule has 202 valence electrons. The van der Waals surface area contributed by atoms with Gasteiger partial charge < -0.3 is 15.0 Å². The largest absolute Gasteiger partial charge is 0.483 e. The van der Waals surface area contributed by atoms with Crippen LogP contribution in [0.15, 0.2) is 78.9 Å². The fourth-order valence-electron chi connectivity index (χ4n) is 4.38. The maximum atomic E-state index is 13.9. The molecule has 0 aromatic heterocycles. The summed E-state index contributed by atoms with van der Waals surface area (Å²) in [5.41, 5.74) is 3.98. The first-order chi connectivity index (χ1) is 18.1. The van der Waals surface area contributed by atoms with E-state index in [1.807, 2.05) is 85.8 Å². The quantitative estimate of drug-likeness (QED) is 0.337. The highest BCUT2D eigenvalue weighted by Crippen LogP contribution is 2.31. The first-order valence-electron chi connectivity index (χ1n) is 13.4. The molecule has 0 saturated carbocycles. The van der Waals surface area contributed by atoms with E-state index in [2.05, 4.69) is 39.9 Å². The van der Waals surface area contributed by atoms with Crippen LogP contribution in [0.5, 0.6) is 5.75 Å². The van der Waals surface area contributed by atoms with Crippen LogP contribution in [0, 0.1) is 12.8 Å². The van der Waals surface area contributed by atoms with Crippen molar-refractivity contribution < 1.29 is 14.3 Å². The lowest BCUT2D eigenvalue weighted by Crippen LogP contribution is -2.52. The Balaban J connectivity index is 1.94. The molecule has 5 nitrogen and oxygen atoms in total. The Morgan fingerprint density at radius 1 is 0.895 bits per heavy atom. The molecule has 0 aliphatic heterocycles. The van der Waals surface area contributed by atoms with E-state index in [0.29, 0.717) is 31.2 Å². The highest BCUT2D eigenvalue weighted by Gasteiger charge is 2.31. The number of benzene rings is 3. The van der Waals surface area contributed by atoms with E-state index in [-0.39, 0.29) is 23.8 Å². The number of nitrogens with one attached hydrogen (secondary N) is 1. The average Bonchev–Trinajstić information content (AvgIpc) is 2.89. The molecule has 0 aliphatic carbocycles. The maximum absolute atomic E-state index is 13.9. The number of amides is 2. The molecule has 0 heterocycles. The van der Waals surface area contributed by atoms with Crippen molar-refractivity contribution in [2.45, 2.75) is 66.0 Å². The van der Waals surface area contributed by atoms with Gasteiger partial charge in [-0.1, -0.05) is 107 Å². The zero-order chi connectivity index (χ0) is 27.7. The Kier molecular flexibility index (Phi) is 10.1. The van der Waals surface area contributed by atoms with Gasteiger partial charge in [0.05, 0.1) is 0 Å². The predicted octanol–water partition coefficient (Wildman–Crippen LogP) is 6.08. The molecule has 0 bridgehead atoms. The fraction of sp³-hybridized carbons (Fsp3) is 0.394. The Morgan fingerprint density at radius 3 is 2.18 bits per heavy atom. The van der Waals surface area contributed by atoms with Gasteiger partial charge in [0.15, 0.2) is 6.61 Å². The Hall–Kier alpha value is -3.60. The van der Waals surface area contributed by atoms with E-state index in [1.54, 1.807) is 4.90 Å². The second-order valence-electron chi connectivity index (χ2n) is 11.3. The Bertz CT molecular complexity index is 1200. The Labute approximate surface area is 228 Å². The molecule has 0 aliphatic rings. The van der Waals surface area contributed by atoms with Gasteiger partial charge in [-0.15, -0.1) is 0 Å². The van der Waals surface area contributed by atoms with Crippen LogP contribution < -0.4 is 10.1 Å². The normalized spacial score (nSPS) is 12.2. The summed E-state index contributed by atoms with van der Waals surface area (Å²) in [5.74, 6) is 0.610. The van der Waals surface area contributed by atoms with Crippen LogP contribution >= 0.6 is 0 Å². The van der Waals surface area contributed by atoms with Crippen LogP contribution in [0.2, 0.25) is 0 Å². The smallest absolute Gasteiger partial charge is 0.261 e. The van der Waals surface area contributed by atoms with Gasteiger partial charge in [-0.25, -0.2) is 0 Å². The SMILES string of the molecule is Cc1ccccc1CN(C(=O)COc1ccccc1C(C)(C)C)C(Cc1ccccc1)C(=O)NCC(C)C. The number of ether oxygens (including phenoxy) is 1. The number of nitrogens with zero attached hydrogens (tertiary/aromatic N) is 1. The van der Waals surface area contributed by atoms with Gasteiger partial charge in [-0.3, -0.25) is 9.59 Å². The van der Waals surface area contributed by atoms with Crippen LogP contribution in [0.1, 0.15) is 56.9 Å². The average molecular weight is 515 g/mol. The van der Waals surface area contributed by atoms with E-state index in [1.165, 1.54) is 0 Å². The number of rotatable bonds is 11. The van der Waals surface area contributed by atoms with Crippen molar-refractivity contribution in [1.29, 1.82) is 0 Å². The molecule has 1 unspecified atom stereocenters. The van der Waals surface area contributed by atoms with E-state index in [4.69, 9.17) is 4.74 Å². The molecular weight excluding hydrogens is 472 g/mol. The van der Waals surface area contributed by atoms with Gasteiger partial charge >= 0.3 is 0 Å². The third-order valence-corrected chi connectivity index (χ3v) is 6.60. The van der Waals surface area contributed by atoms with Gasteiger partial charge in [-0.2, -0.15) is 0 Å². The summed E-state index contributed by atoms with van der Waals surface area (Å²) in [6.07, 6.45) is 0.418. The third-order valence-electron chi connectivity index (χ3n) is 6.60. The summed E-state index contributed by atoms with van der Waals surface area (Å²) < 4.78 is 6.13. The molecule has 0 saturated heterocycles. The summed E-state index contributed by atoms with van der Waals surface area (Å²) >= 11 is 0. The van der Waals surface area contributed by atoms with Crippen molar-refractivity contribution in [1.82, 2.24) is 10.2 Å². The lowest BCUT2D eigenvalue weighted by molar-refractivity contribution is -0.142. The molecule has 1 atom stereocenters. The Morgan fingerprint density at radius 2 is 1.53 bits per heavy atom. The van der Waals surface area contributed by atoms with Crippen LogP contribution in [0.25, 0.3) is 0 Å². The summed E-state index contributed by atoms with van der Waals surface area (Å²) in [4.78, 5) is 29.2. The van der Waals surface area contributed by atoms with Gasteiger partial charge in [0.2, 0.25) is 5.91 Å². The molecule has 1 N–H and O–H groups in total. The molecule has 3 rings (SSSR count). The van der Waals surface area contributed by atoms with Crippen molar-refractivity contribution in [2.24, 2.45) is 5.92 Å². The zero-order valence-electron chi connectivity index (χ0n) is 23.7. The lowest BCUT2D eigenvalue weighted by Gasteiger charge is -2.32. The number of aryl methyl sites for hydroxylation is 1. The summed E-state index contributed by atoms with van der Waals surface area (Å²) in [6.45, 7) is 13.2. The first-order valence-corrected chi connectivity index (χ1v) is 13.4. The number of para-hydroxylation sites is 1. The molecule has 3 aromatic rings. The number of hydrogen-bond donors (Lipinski definition) is 1. The van der Waals surface area contributed by atoms with Gasteiger partial charge in [0.1, 0.15) is 11.8 Å². The first kappa shape index (κ1) is 29.0. The number of carbonyl (C=O) groups is 2. The number of carbonyl (C=O) groups excluding carboxylic acids is 2. The topological polar surface area (TPSA) is 58.6 Å². The van der Waals surface area contributed by atoms with Gasteiger partial charge in [-0.05, 0) is 46.6 Å². The zero-order valence-corrected chi connectivity index (χ0v) is 23.7. The van der Waals surface area contributed by atoms with Gasteiger partial charge in [0.25, 0.3) is 5.91 Å². The summed E-state index contributed by atoms with van der Waals surface area (Å²) in [6, 6.07) is 25.0. The van der Waals surface area contributed by atoms with E-state index in [0.717, 1.165) is 22.3 Å². The molecule has 0 spiro atoms. The molecule has 5 heteroatoms. The van der Waals surface area contributed by atoms with Crippen LogP contribution in [-0.2, 0) is 28.0 Å². The van der Waals surface area contributed by atoms with Crippen LogP contribution in [0.3, 0.4) is 0 Å². The van der Waals surface area contributed by atoms with Crippen LogP contribution in [-0.4, -0.2) is 35.9 Å². The molecule has 3 aromatic carbocycles. The predicted molar refractivity (Wildman–Crippen MR) is 154 cm³/mol. The van der Waals surface area contributed by atoms with Gasteiger partial charge in [0, 0.05) is 19.5 Å². The standard InChI is InChI=1S/C33H42N2O3/c1-24(2)21-34-32(37)29(20-26-15-8-7-9-16-26)35(22-27-17-11-10-14-25(27)3)31(36)23-38-30-19-13-12-18-28(30)33(4,5)6/h7-19,24,29H,20-23H2,1-6H3,(H,34,37). The maximum Gasteiger partial charge on any atom is 0.261 e. The number of hydrogen-bond acceptors (Lipinski definition) is 3. The second-order valence-corrected chi connectivity index (χ2v) is 11.3. The van der Waals surface area contributed by atoms with Crippen molar-refractivity contribution >= 4 is 11.8 Å². The van der Waals surface area contributed by atoms with E-state index in [9.17, 15) is 9.59 Å². The molecular formula is C33H42N2O3. The molecule has 0 radical (unpaired) electrons. The molecule has 0 fully saturated rings. The van der Waals surface area contributed by atoms with E-state index < -0.39 is 6.04 Å². The van der Waals surface area contributed by atoms with E-state index >= 15 is 0 Å². The lowest BCUT2D eigenvalue weighted by atomic mass is 9.86. The minimum absolute atomic E-state index is 0.132. The van der Waals surface area contributed by atoms with Crippen molar-refractivity contribution in [2.75, 3.05) is 13.2 Å². The van der Waals surface area contributed by atoms with Crippen molar-refractivity contribution in [3.05, 3.63) is 101 Å². The monoisotopic (exact) mass is 514 g/mol. The highest BCUT2D eigenvalue weighted by atomic mass is 16.5. The second kappa shape index (κ2) is 13.3. The minimum atomic E-state index is -0.676. The minimum Gasteiger partial charge on any atom is -0.483 e. The molecule has 2 amide bonds. The summed E-state index contributed by atoms with van der Waals surface area (Å²) in [7, 11) is 0. The van der Waals surface area contributed by atoms with Crippen molar-refractivity contribution in [3.8, 4) is 5.75 Å². The molecule has 38 heavy (non-hydrogen) atoms.